The lowest BCUT2D eigenvalue weighted by Gasteiger charge is -2.04. The summed E-state index contributed by atoms with van der Waals surface area (Å²) < 4.78 is 4.99. The number of unbranched alkanes of at least 4 members (excludes halogenated alkanes) is 1. The Balaban J connectivity index is 2.02. The number of ether oxygens (including phenoxy) is 1. The molecule has 1 aromatic rings. The van der Waals surface area contributed by atoms with Crippen LogP contribution >= 0.6 is 11.3 Å². The zero-order chi connectivity index (χ0) is 10.9. The Kier molecular flexibility index (Phi) is 5.96. The van der Waals surface area contributed by atoms with E-state index in [2.05, 4.69) is 17.2 Å². The Morgan fingerprint density at radius 2 is 2.53 bits per heavy atom. The maximum atomic E-state index is 11.1. The first kappa shape index (κ1) is 12.1. The smallest absolute Gasteiger partial charge is 0.319 e. The zero-order valence-electron chi connectivity index (χ0n) is 8.86. The van der Waals surface area contributed by atoms with Crippen molar-refractivity contribution in [2.75, 3.05) is 13.2 Å². The van der Waals surface area contributed by atoms with Gasteiger partial charge in [-0.1, -0.05) is 13.3 Å². The molecule has 0 aliphatic rings. The Hall–Kier alpha value is -0.940. The summed E-state index contributed by atoms with van der Waals surface area (Å²) in [5.74, 6) is -0.187. The standard InChI is InChI=1S/C10H16N2O2S/c1-2-3-4-14-10(13)7-11-5-9-6-12-8-15-9/h6,8,11H,2-5,7H2,1H3. The SMILES string of the molecule is CCCCOC(=O)CNCc1cncs1. The number of rotatable bonds is 7. The lowest BCUT2D eigenvalue weighted by molar-refractivity contribution is -0.142. The van der Waals surface area contributed by atoms with Crippen molar-refractivity contribution in [1.29, 1.82) is 0 Å². The number of carbonyl (C=O) groups is 1. The van der Waals surface area contributed by atoms with Crippen LogP contribution in [0.5, 0.6) is 0 Å². The van der Waals surface area contributed by atoms with Gasteiger partial charge in [0, 0.05) is 17.6 Å². The summed E-state index contributed by atoms with van der Waals surface area (Å²) in [6.45, 7) is 3.53. The molecule has 5 heteroatoms. The molecule has 0 radical (unpaired) electrons. The second-order valence-electron chi connectivity index (χ2n) is 3.15. The first-order chi connectivity index (χ1) is 7.33. The van der Waals surface area contributed by atoms with E-state index in [0.29, 0.717) is 13.2 Å². The molecule has 15 heavy (non-hydrogen) atoms. The summed E-state index contributed by atoms with van der Waals surface area (Å²) in [5, 5.41) is 3.01. The molecule has 1 N–H and O–H groups in total. The number of hydrogen-bond acceptors (Lipinski definition) is 5. The molecule has 0 spiro atoms. The van der Waals surface area contributed by atoms with Crippen molar-refractivity contribution in [3.8, 4) is 0 Å². The molecular weight excluding hydrogens is 212 g/mol. The van der Waals surface area contributed by atoms with Crippen molar-refractivity contribution in [2.24, 2.45) is 0 Å². The van der Waals surface area contributed by atoms with Gasteiger partial charge in [-0.2, -0.15) is 0 Å². The zero-order valence-corrected chi connectivity index (χ0v) is 9.68. The minimum Gasteiger partial charge on any atom is -0.465 e. The third-order valence-electron chi connectivity index (χ3n) is 1.81. The fraction of sp³-hybridized carbons (Fsp3) is 0.600. The topological polar surface area (TPSA) is 51.2 Å². The highest BCUT2D eigenvalue weighted by Gasteiger charge is 2.01. The molecule has 0 saturated heterocycles. The number of aromatic nitrogens is 1. The van der Waals surface area contributed by atoms with Crippen LogP contribution in [0.15, 0.2) is 11.7 Å². The summed E-state index contributed by atoms with van der Waals surface area (Å²) >= 11 is 1.57. The van der Waals surface area contributed by atoms with Crippen molar-refractivity contribution < 1.29 is 9.53 Å². The van der Waals surface area contributed by atoms with E-state index in [9.17, 15) is 4.79 Å². The fourth-order valence-corrected chi connectivity index (χ4v) is 1.56. The first-order valence-corrected chi connectivity index (χ1v) is 5.94. The minimum absolute atomic E-state index is 0.187. The summed E-state index contributed by atoms with van der Waals surface area (Å²) in [5.41, 5.74) is 1.77. The molecule has 1 aromatic heterocycles. The molecule has 84 valence electrons. The average molecular weight is 228 g/mol. The average Bonchev–Trinajstić information content (AvgIpc) is 2.71. The van der Waals surface area contributed by atoms with Crippen molar-refractivity contribution in [2.45, 2.75) is 26.3 Å². The van der Waals surface area contributed by atoms with E-state index >= 15 is 0 Å². The van der Waals surface area contributed by atoms with Crippen molar-refractivity contribution in [1.82, 2.24) is 10.3 Å². The molecule has 4 nitrogen and oxygen atoms in total. The van der Waals surface area contributed by atoms with Crippen LogP contribution in [0.1, 0.15) is 24.6 Å². The van der Waals surface area contributed by atoms with Crippen molar-refractivity contribution >= 4 is 17.3 Å². The van der Waals surface area contributed by atoms with Gasteiger partial charge in [0.05, 0.1) is 18.7 Å². The highest BCUT2D eigenvalue weighted by Crippen LogP contribution is 2.03. The van der Waals surface area contributed by atoms with E-state index in [-0.39, 0.29) is 12.5 Å². The van der Waals surface area contributed by atoms with Gasteiger partial charge in [-0.3, -0.25) is 9.78 Å². The van der Waals surface area contributed by atoms with Crippen LogP contribution < -0.4 is 5.32 Å². The molecule has 0 unspecified atom stereocenters. The van der Waals surface area contributed by atoms with Crippen molar-refractivity contribution in [3.05, 3.63) is 16.6 Å². The van der Waals surface area contributed by atoms with Gasteiger partial charge in [0.1, 0.15) is 0 Å². The normalized spacial score (nSPS) is 10.2. The van der Waals surface area contributed by atoms with Crippen LogP contribution in [0.25, 0.3) is 0 Å². The molecule has 0 aliphatic heterocycles. The Labute approximate surface area is 93.7 Å². The second kappa shape index (κ2) is 7.36. The Morgan fingerprint density at radius 1 is 1.67 bits per heavy atom. The van der Waals surface area contributed by atoms with E-state index in [0.717, 1.165) is 17.7 Å². The Bertz CT molecular complexity index is 275. The van der Waals surface area contributed by atoms with Crippen LogP contribution in [0, 0.1) is 0 Å². The van der Waals surface area contributed by atoms with Gasteiger partial charge < -0.3 is 10.1 Å². The van der Waals surface area contributed by atoms with E-state index in [4.69, 9.17) is 4.74 Å². The van der Waals surface area contributed by atoms with Gasteiger partial charge >= 0.3 is 5.97 Å². The third kappa shape index (κ3) is 5.49. The second-order valence-corrected chi connectivity index (χ2v) is 4.12. The maximum absolute atomic E-state index is 11.1. The van der Waals surface area contributed by atoms with Crippen LogP contribution in [-0.2, 0) is 16.1 Å². The van der Waals surface area contributed by atoms with E-state index in [1.807, 2.05) is 0 Å². The van der Waals surface area contributed by atoms with E-state index in [1.54, 1.807) is 23.0 Å². The van der Waals surface area contributed by atoms with E-state index < -0.39 is 0 Å². The largest absolute Gasteiger partial charge is 0.465 e. The monoisotopic (exact) mass is 228 g/mol. The highest BCUT2D eigenvalue weighted by atomic mass is 32.1. The molecule has 0 saturated carbocycles. The molecule has 1 heterocycles. The van der Waals surface area contributed by atoms with Gasteiger partial charge in [-0.25, -0.2) is 0 Å². The number of nitrogens with zero attached hydrogens (tertiary/aromatic N) is 1. The number of esters is 1. The Morgan fingerprint density at radius 3 is 3.20 bits per heavy atom. The first-order valence-electron chi connectivity index (χ1n) is 5.06. The summed E-state index contributed by atoms with van der Waals surface area (Å²) in [6.07, 6.45) is 3.77. The molecule has 0 amide bonds. The quantitative estimate of drug-likeness (QED) is 0.568. The van der Waals surface area contributed by atoms with Gasteiger partial charge in [0.2, 0.25) is 0 Å². The van der Waals surface area contributed by atoms with Gasteiger partial charge in [0.15, 0.2) is 0 Å². The van der Waals surface area contributed by atoms with Crippen LogP contribution in [0.4, 0.5) is 0 Å². The number of nitrogens with one attached hydrogen (secondary N) is 1. The third-order valence-corrected chi connectivity index (χ3v) is 2.59. The molecule has 0 aliphatic carbocycles. The summed E-state index contributed by atoms with van der Waals surface area (Å²) in [6, 6.07) is 0. The van der Waals surface area contributed by atoms with Gasteiger partial charge in [-0.05, 0) is 6.42 Å². The van der Waals surface area contributed by atoms with Crippen molar-refractivity contribution in [3.63, 3.8) is 0 Å². The minimum atomic E-state index is -0.187. The predicted octanol–water partition coefficient (Wildman–Crippen LogP) is 1.58. The number of carbonyl (C=O) groups excluding carboxylic acids is 1. The molecule has 1 rings (SSSR count). The number of hydrogen-bond donors (Lipinski definition) is 1. The lowest BCUT2D eigenvalue weighted by Crippen LogP contribution is -2.24. The number of thiazole rings is 1. The van der Waals surface area contributed by atoms with E-state index in [1.165, 1.54) is 0 Å². The molecule has 0 atom stereocenters. The molecule has 0 fully saturated rings. The van der Waals surface area contributed by atoms with Gasteiger partial charge in [-0.15, -0.1) is 11.3 Å². The molecular formula is C10H16N2O2S. The molecule has 0 aromatic carbocycles. The summed E-state index contributed by atoms with van der Waals surface area (Å²) in [7, 11) is 0. The molecule has 0 bridgehead atoms. The highest BCUT2D eigenvalue weighted by molar-refractivity contribution is 7.09. The van der Waals surface area contributed by atoms with Crippen LogP contribution in [-0.4, -0.2) is 24.1 Å². The lowest BCUT2D eigenvalue weighted by atomic mass is 10.4. The maximum Gasteiger partial charge on any atom is 0.319 e. The summed E-state index contributed by atoms with van der Waals surface area (Å²) in [4.78, 5) is 16.2. The van der Waals surface area contributed by atoms with Crippen LogP contribution in [0.3, 0.4) is 0 Å². The fourth-order valence-electron chi connectivity index (χ4n) is 0.999. The predicted molar refractivity (Wildman–Crippen MR) is 59.7 cm³/mol. The van der Waals surface area contributed by atoms with Crippen LogP contribution in [0.2, 0.25) is 0 Å². The van der Waals surface area contributed by atoms with Gasteiger partial charge in [0.25, 0.3) is 0 Å².